The van der Waals surface area contributed by atoms with Gasteiger partial charge in [0.1, 0.15) is 0 Å². The Hall–Kier alpha value is -2.17. The summed E-state index contributed by atoms with van der Waals surface area (Å²) in [6.07, 6.45) is 6.27. The van der Waals surface area contributed by atoms with Crippen LogP contribution in [0.2, 0.25) is 0 Å². The van der Waals surface area contributed by atoms with Gasteiger partial charge >= 0.3 is 0 Å². The average Bonchev–Trinajstić information content (AvgIpc) is 2.80. The Morgan fingerprint density at radius 2 is 2.30 bits per heavy atom. The summed E-state index contributed by atoms with van der Waals surface area (Å²) in [5.74, 6) is 0.266. The van der Waals surface area contributed by atoms with Crippen LogP contribution >= 0.6 is 0 Å². The van der Waals surface area contributed by atoms with E-state index in [0.29, 0.717) is 11.8 Å². The van der Waals surface area contributed by atoms with Crippen LogP contribution in [0.5, 0.6) is 5.75 Å². The molecule has 2 aliphatic carbocycles. The van der Waals surface area contributed by atoms with Crippen molar-refractivity contribution in [3.8, 4) is 5.75 Å². The van der Waals surface area contributed by atoms with E-state index >= 15 is 0 Å². The molecule has 1 aromatic rings. The van der Waals surface area contributed by atoms with E-state index < -0.39 is 5.82 Å². The Morgan fingerprint density at radius 3 is 3.10 bits per heavy atom. The summed E-state index contributed by atoms with van der Waals surface area (Å²) >= 11 is 0. The number of carbonyl (C=O) groups is 1. The molecule has 2 atom stereocenters. The molecule has 2 aliphatic rings. The Kier molecular flexibility index (Phi) is 3.50. The van der Waals surface area contributed by atoms with Crippen LogP contribution < -0.4 is 10.2 Å². The number of hydrogen-bond donors (Lipinski definition) is 1. The van der Waals surface area contributed by atoms with Crippen molar-refractivity contribution < 1.29 is 13.9 Å². The summed E-state index contributed by atoms with van der Waals surface area (Å²) in [4.78, 5) is 11.6. The number of ether oxygens (including phenoxy) is 1. The molecule has 1 aromatic carbocycles. The lowest BCUT2D eigenvalue weighted by Gasteiger charge is -2.31. The van der Waals surface area contributed by atoms with Crippen LogP contribution in [0.3, 0.4) is 0 Å². The summed E-state index contributed by atoms with van der Waals surface area (Å²) < 4.78 is 18.4. The van der Waals surface area contributed by atoms with Gasteiger partial charge in [0.25, 0.3) is 5.91 Å². The zero-order valence-corrected chi connectivity index (χ0v) is 10.9. The molecule has 3 rings (SSSR count). The number of nitrogens with zero attached hydrogens (tertiary/aromatic N) is 1. The van der Waals surface area contributed by atoms with Gasteiger partial charge in [0.2, 0.25) is 0 Å². The van der Waals surface area contributed by atoms with Gasteiger partial charge in [-0.05, 0) is 30.9 Å². The highest BCUT2D eigenvalue weighted by Crippen LogP contribution is 2.39. The van der Waals surface area contributed by atoms with Crippen LogP contribution in [-0.4, -0.2) is 18.2 Å². The summed E-state index contributed by atoms with van der Waals surface area (Å²) in [6, 6.07) is 5.99. The SMILES string of the molecule is O=C(COc1ccccc1F)N/N=C1/C[C@@H]2C=CC[C@H]12. The minimum absolute atomic E-state index is 0.0685. The summed E-state index contributed by atoms with van der Waals surface area (Å²) in [7, 11) is 0. The monoisotopic (exact) mass is 274 g/mol. The van der Waals surface area contributed by atoms with Gasteiger partial charge in [-0.25, -0.2) is 9.82 Å². The van der Waals surface area contributed by atoms with E-state index in [2.05, 4.69) is 22.7 Å². The second-order valence-corrected chi connectivity index (χ2v) is 5.00. The van der Waals surface area contributed by atoms with Crippen molar-refractivity contribution in [2.75, 3.05) is 6.61 Å². The number of para-hydroxylation sites is 1. The van der Waals surface area contributed by atoms with Gasteiger partial charge < -0.3 is 4.74 Å². The Bertz CT molecular complexity index is 583. The van der Waals surface area contributed by atoms with Crippen LogP contribution in [0.15, 0.2) is 41.5 Å². The Morgan fingerprint density at radius 1 is 1.45 bits per heavy atom. The fraction of sp³-hybridized carbons (Fsp3) is 0.333. The Labute approximate surface area is 116 Å². The predicted molar refractivity (Wildman–Crippen MR) is 72.8 cm³/mol. The molecular formula is C15H15FN2O2. The second kappa shape index (κ2) is 5.45. The molecule has 0 aromatic heterocycles. The number of carbonyl (C=O) groups excluding carboxylic acids is 1. The topological polar surface area (TPSA) is 50.7 Å². The molecule has 20 heavy (non-hydrogen) atoms. The van der Waals surface area contributed by atoms with Crippen LogP contribution in [-0.2, 0) is 4.79 Å². The maximum Gasteiger partial charge on any atom is 0.277 e. The van der Waals surface area contributed by atoms with E-state index in [-0.39, 0.29) is 18.3 Å². The molecular weight excluding hydrogens is 259 g/mol. The number of rotatable bonds is 4. The van der Waals surface area contributed by atoms with Gasteiger partial charge in [-0.1, -0.05) is 24.3 Å². The molecule has 0 aliphatic heterocycles. The van der Waals surface area contributed by atoms with Crippen LogP contribution in [0.25, 0.3) is 0 Å². The Balaban J connectivity index is 1.46. The second-order valence-electron chi connectivity index (χ2n) is 5.00. The molecule has 0 unspecified atom stereocenters. The smallest absolute Gasteiger partial charge is 0.277 e. The van der Waals surface area contributed by atoms with Crippen molar-refractivity contribution in [3.63, 3.8) is 0 Å². The number of nitrogens with one attached hydrogen (secondary N) is 1. The lowest BCUT2D eigenvalue weighted by molar-refractivity contribution is -0.123. The summed E-state index contributed by atoms with van der Waals surface area (Å²) in [5, 5.41) is 4.11. The zero-order valence-electron chi connectivity index (χ0n) is 10.9. The van der Waals surface area contributed by atoms with Crippen LogP contribution in [0, 0.1) is 17.7 Å². The van der Waals surface area contributed by atoms with Gasteiger partial charge in [-0.3, -0.25) is 4.79 Å². The van der Waals surface area contributed by atoms with E-state index in [4.69, 9.17) is 4.74 Å². The standard InChI is InChI=1S/C15H15FN2O2/c16-12-6-1-2-7-14(12)20-9-15(19)18-17-13-8-10-4-3-5-11(10)13/h1-4,6-7,10-11H,5,8-9H2,(H,18,19)/b17-13-/t10-,11-/m0/s1. The van der Waals surface area contributed by atoms with E-state index in [1.807, 2.05) is 0 Å². The highest BCUT2D eigenvalue weighted by atomic mass is 19.1. The average molecular weight is 274 g/mol. The summed E-state index contributed by atoms with van der Waals surface area (Å²) in [5.41, 5.74) is 3.49. The van der Waals surface area contributed by atoms with Crippen molar-refractivity contribution in [2.45, 2.75) is 12.8 Å². The molecule has 1 saturated carbocycles. The first kappa shape index (κ1) is 12.8. The minimum atomic E-state index is -0.481. The minimum Gasteiger partial charge on any atom is -0.481 e. The molecule has 0 heterocycles. The first-order valence-corrected chi connectivity index (χ1v) is 6.63. The van der Waals surface area contributed by atoms with E-state index in [0.717, 1.165) is 18.6 Å². The molecule has 0 saturated heterocycles. The number of hydrazone groups is 1. The fourth-order valence-electron chi connectivity index (χ4n) is 2.53. The van der Waals surface area contributed by atoms with Gasteiger partial charge in [-0.2, -0.15) is 5.10 Å². The first-order valence-electron chi connectivity index (χ1n) is 6.63. The molecule has 104 valence electrons. The van der Waals surface area contributed by atoms with E-state index in [1.54, 1.807) is 12.1 Å². The molecule has 1 fully saturated rings. The number of halogens is 1. The zero-order chi connectivity index (χ0) is 13.9. The third-order valence-corrected chi connectivity index (χ3v) is 3.68. The van der Waals surface area contributed by atoms with Crippen LogP contribution in [0.1, 0.15) is 12.8 Å². The highest BCUT2D eigenvalue weighted by molar-refractivity contribution is 5.94. The van der Waals surface area contributed by atoms with Gasteiger partial charge in [-0.15, -0.1) is 0 Å². The van der Waals surface area contributed by atoms with Crippen molar-refractivity contribution in [3.05, 3.63) is 42.2 Å². The lowest BCUT2D eigenvalue weighted by atomic mass is 9.74. The number of amides is 1. The van der Waals surface area contributed by atoms with Crippen molar-refractivity contribution in [1.29, 1.82) is 0 Å². The predicted octanol–water partition coefficient (Wildman–Crippen LogP) is 2.27. The number of benzene rings is 1. The first-order chi connectivity index (χ1) is 9.74. The number of allylic oxidation sites excluding steroid dienone is 2. The third-order valence-electron chi connectivity index (χ3n) is 3.68. The largest absolute Gasteiger partial charge is 0.481 e. The fourth-order valence-corrected chi connectivity index (χ4v) is 2.53. The molecule has 5 heteroatoms. The number of fused-ring (bicyclic) bond motifs is 1. The molecule has 0 radical (unpaired) electrons. The van der Waals surface area contributed by atoms with E-state index in [1.165, 1.54) is 12.1 Å². The van der Waals surface area contributed by atoms with Crippen LogP contribution in [0.4, 0.5) is 4.39 Å². The third kappa shape index (κ3) is 2.57. The highest BCUT2D eigenvalue weighted by Gasteiger charge is 2.37. The molecule has 1 amide bonds. The van der Waals surface area contributed by atoms with Gasteiger partial charge in [0.05, 0.1) is 0 Å². The normalized spacial score (nSPS) is 25.1. The van der Waals surface area contributed by atoms with Crippen molar-refractivity contribution in [2.24, 2.45) is 16.9 Å². The summed E-state index contributed by atoms with van der Waals surface area (Å²) in [6.45, 7) is -0.246. The quantitative estimate of drug-likeness (QED) is 0.676. The lowest BCUT2D eigenvalue weighted by Crippen LogP contribution is -2.36. The van der Waals surface area contributed by atoms with Gasteiger partial charge in [0.15, 0.2) is 18.2 Å². The maximum absolute atomic E-state index is 13.3. The molecule has 0 spiro atoms. The maximum atomic E-state index is 13.3. The van der Waals surface area contributed by atoms with Gasteiger partial charge in [0, 0.05) is 11.6 Å². The van der Waals surface area contributed by atoms with Crippen molar-refractivity contribution in [1.82, 2.24) is 5.43 Å². The molecule has 0 bridgehead atoms. The molecule has 4 nitrogen and oxygen atoms in total. The van der Waals surface area contributed by atoms with E-state index in [9.17, 15) is 9.18 Å². The molecule has 1 N–H and O–H groups in total. The number of hydrogen-bond acceptors (Lipinski definition) is 3. The van der Waals surface area contributed by atoms with Crippen molar-refractivity contribution >= 4 is 11.6 Å².